The SMILES string of the molecule is Cc1ccc(C(=O)N2CCC3(CC2)CC3C(=O)NCCCc2ccncc2)c(C)c1. The lowest BCUT2D eigenvalue weighted by molar-refractivity contribution is -0.123. The average Bonchev–Trinajstić information content (AvgIpc) is 3.45. The molecule has 2 heterocycles. The Morgan fingerprint density at radius 3 is 2.57 bits per heavy atom. The van der Waals surface area contributed by atoms with E-state index in [1.165, 1.54) is 11.1 Å². The monoisotopic (exact) mass is 405 g/mol. The van der Waals surface area contributed by atoms with Crippen molar-refractivity contribution in [1.29, 1.82) is 0 Å². The molecule has 5 heteroatoms. The molecule has 4 rings (SSSR count). The van der Waals surface area contributed by atoms with Gasteiger partial charge in [-0.25, -0.2) is 0 Å². The number of aryl methyl sites for hydroxylation is 3. The topological polar surface area (TPSA) is 62.3 Å². The standard InChI is InChI=1S/C25H31N3O2/c1-18-5-6-21(19(2)16-18)24(30)28-14-9-25(10-15-28)17-22(25)23(29)27-11-3-4-20-7-12-26-13-8-20/h5-8,12-13,16,22H,3-4,9-11,14-15,17H2,1-2H3,(H,27,29). The van der Waals surface area contributed by atoms with Gasteiger partial charge in [-0.3, -0.25) is 14.6 Å². The molecule has 30 heavy (non-hydrogen) atoms. The van der Waals surface area contributed by atoms with Crippen molar-refractivity contribution in [3.63, 3.8) is 0 Å². The van der Waals surface area contributed by atoms with Crippen LogP contribution in [0.3, 0.4) is 0 Å². The molecule has 1 atom stereocenters. The molecule has 0 bridgehead atoms. The van der Waals surface area contributed by atoms with Crippen LogP contribution >= 0.6 is 0 Å². The fourth-order valence-electron chi connectivity index (χ4n) is 4.83. The summed E-state index contributed by atoms with van der Waals surface area (Å²) in [6.45, 7) is 6.26. The Balaban J connectivity index is 1.22. The second-order valence-electron chi connectivity index (χ2n) is 8.98. The van der Waals surface area contributed by atoms with Crippen molar-refractivity contribution in [2.24, 2.45) is 11.3 Å². The van der Waals surface area contributed by atoms with E-state index in [-0.39, 0.29) is 23.1 Å². The number of pyridine rings is 1. The molecule has 158 valence electrons. The highest BCUT2D eigenvalue weighted by Crippen LogP contribution is 2.59. The van der Waals surface area contributed by atoms with Gasteiger partial charge in [-0.15, -0.1) is 0 Å². The molecule has 1 N–H and O–H groups in total. The Bertz CT molecular complexity index is 917. The lowest BCUT2D eigenvalue weighted by Gasteiger charge is -2.33. The van der Waals surface area contributed by atoms with Gasteiger partial charge in [0.05, 0.1) is 0 Å². The number of piperidine rings is 1. The first-order chi connectivity index (χ1) is 14.5. The maximum Gasteiger partial charge on any atom is 0.254 e. The van der Waals surface area contributed by atoms with Crippen LogP contribution in [-0.4, -0.2) is 41.3 Å². The molecule has 1 unspecified atom stereocenters. The maximum atomic E-state index is 12.9. The number of carbonyl (C=O) groups excluding carboxylic acids is 2. The van der Waals surface area contributed by atoms with E-state index in [0.717, 1.165) is 56.3 Å². The number of nitrogens with zero attached hydrogens (tertiary/aromatic N) is 2. The van der Waals surface area contributed by atoms with Crippen LogP contribution in [-0.2, 0) is 11.2 Å². The van der Waals surface area contributed by atoms with E-state index in [2.05, 4.69) is 16.4 Å². The van der Waals surface area contributed by atoms with Crippen molar-refractivity contribution in [3.05, 3.63) is 65.0 Å². The summed E-state index contributed by atoms with van der Waals surface area (Å²) in [7, 11) is 0. The van der Waals surface area contributed by atoms with Gasteiger partial charge < -0.3 is 10.2 Å². The summed E-state index contributed by atoms with van der Waals surface area (Å²) in [5.74, 6) is 0.441. The van der Waals surface area contributed by atoms with Crippen LogP contribution in [0.2, 0.25) is 0 Å². The normalized spacial score (nSPS) is 19.5. The summed E-state index contributed by atoms with van der Waals surface area (Å²) in [5.41, 5.74) is 4.39. The Hall–Kier alpha value is -2.69. The maximum absolute atomic E-state index is 12.9. The molecule has 1 saturated carbocycles. The predicted octanol–water partition coefficient (Wildman–Crippen LogP) is 3.69. The first-order valence-corrected chi connectivity index (χ1v) is 11.0. The Kier molecular flexibility index (Phi) is 5.89. The van der Waals surface area contributed by atoms with Crippen molar-refractivity contribution in [2.75, 3.05) is 19.6 Å². The van der Waals surface area contributed by atoms with Crippen LogP contribution in [0.4, 0.5) is 0 Å². The van der Waals surface area contributed by atoms with Crippen LogP contribution in [0.1, 0.15) is 52.7 Å². The molecule has 1 aliphatic carbocycles. The van der Waals surface area contributed by atoms with Gasteiger partial charge in [0.1, 0.15) is 0 Å². The van der Waals surface area contributed by atoms with Gasteiger partial charge in [0.15, 0.2) is 0 Å². The predicted molar refractivity (Wildman–Crippen MR) is 117 cm³/mol. The van der Waals surface area contributed by atoms with E-state index >= 15 is 0 Å². The lowest BCUT2D eigenvalue weighted by Crippen LogP contribution is -2.41. The number of likely N-dealkylation sites (tertiary alicyclic amines) is 1. The van der Waals surface area contributed by atoms with Gasteiger partial charge in [0, 0.05) is 43.5 Å². The summed E-state index contributed by atoms with van der Waals surface area (Å²) < 4.78 is 0. The molecule has 1 aromatic carbocycles. The molecule has 2 aromatic rings. The smallest absolute Gasteiger partial charge is 0.254 e. The summed E-state index contributed by atoms with van der Waals surface area (Å²) in [4.78, 5) is 31.5. The third-order valence-corrected chi connectivity index (χ3v) is 6.86. The van der Waals surface area contributed by atoms with Crippen LogP contribution in [0.15, 0.2) is 42.7 Å². The van der Waals surface area contributed by atoms with Crippen molar-refractivity contribution in [1.82, 2.24) is 15.2 Å². The summed E-state index contributed by atoms with van der Waals surface area (Å²) in [6, 6.07) is 10.0. The van der Waals surface area contributed by atoms with E-state index in [4.69, 9.17) is 0 Å². The molecule has 1 aromatic heterocycles. The number of hydrogen-bond acceptors (Lipinski definition) is 3. The summed E-state index contributed by atoms with van der Waals surface area (Å²) in [6.07, 6.45) is 8.33. The number of rotatable bonds is 6. The molecule has 2 fully saturated rings. The van der Waals surface area contributed by atoms with E-state index in [9.17, 15) is 9.59 Å². The van der Waals surface area contributed by atoms with E-state index in [1.807, 2.05) is 43.0 Å². The Morgan fingerprint density at radius 1 is 1.13 bits per heavy atom. The van der Waals surface area contributed by atoms with Crippen molar-refractivity contribution in [2.45, 2.75) is 46.0 Å². The molecule has 1 aliphatic heterocycles. The first kappa shape index (κ1) is 20.6. The molecule has 1 spiro atoms. The molecular formula is C25H31N3O2. The zero-order valence-corrected chi connectivity index (χ0v) is 18.0. The van der Waals surface area contributed by atoms with Crippen molar-refractivity contribution < 1.29 is 9.59 Å². The molecule has 5 nitrogen and oxygen atoms in total. The summed E-state index contributed by atoms with van der Waals surface area (Å²) >= 11 is 0. The van der Waals surface area contributed by atoms with E-state index in [0.29, 0.717) is 6.54 Å². The highest BCUT2D eigenvalue weighted by molar-refractivity contribution is 5.95. The van der Waals surface area contributed by atoms with Crippen LogP contribution in [0.5, 0.6) is 0 Å². The molecule has 1 saturated heterocycles. The average molecular weight is 406 g/mol. The highest BCUT2D eigenvalue weighted by atomic mass is 16.2. The van der Waals surface area contributed by atoms with E-state index in [1.54, 1.807) is 12.4 Å². The van der Waals surface area contributed by atoms with Crippen molar-refractivity contribution in [3.8, 4) is 0 Å². The third kappa shape index (κ3) is 4.40. The second kappa shape index (κ2) is 8.58. The highest BCUT2D eigenvalue weighted by Gasteiger charge is 2.58. The zero-order valence-electron chi connectivity index (χ0n) is 18.0. The Morgan fingerprint density at radius 2 is 1.87 bits per heavy atom. The van der Waals surface area contributed by atoms with Crippen LogP contribution in [0, 0.1) is 25.2 Å². The lowest BCUT2D eigenvalue weighted by atomic mass is 9.90. The number of amides is 2. The zero-order chi connectivity index (χ0) is 21.1. The second-order valence-corrected chi connectivity index (χ2v) is 8.98. The van der Waals surface area contributed by atoms with Gasteiger partial charge in [-0.2, -0.15) is 0 Å². The first-order valence-electron chi connectivity index (χ1n) is 11.0. The number of nitrogens with one attached hydrogen (secondary N) is 1. The minimum absolute atomic E-state index is 0.119. The number of hydrogen-bond donors (Lipinski definition) is 1. The third-order valence-electron chi connectivity index (χ3n) is 6.86. The minimum Gasteiger partial charge on any atom is -0.356 e. The fraction of sp³-hybridized carbons (Fsp3) is 0.480. The van der Waals surface area contributed by atoms with Gasteiger partial charge in [0.25, 0.3) is 5.91 Å². The largest absolute Gasteiger partial charge is 0.356 e. The van der Waals surface area contributed by atoms with Crippen LogP contribution in [0.25, 0.3) is 0 Å². The fourth-order valence-corrected chi connectivity index (χ4v) is 4.83. The van der Waals surface area contributed by atoms with Gasteiger partial charge in [-0.1, -0.05) is 17.7 Å². The molecule has 2 aliphatic rings. The quantitative estimate of drug-likeness (QED) is 0.746. The number of aromatic nitrogens is 1. The number of carbonyl (C=O) groups is 2. The van der Waals surface area contributed by atoms with Gasteiger partial charge in [0.2, 0.25) is 5.91 Å². The molecule has 0 radical (unpaired) electrons. The summed E-state index contributed by atoms with van der Waals surface area (Å²) in [5, 5.41) is 3.12. The van der Waals surface area contributed by atoms with Crippen molar-refractivity contribution >= 4 is 11.8 Å². The van der Waals surface area contributed by atoms with Crippen LogP contribution < -0.4 is 5.32 Å². The minimum atomic E-state index is 0.119. The van der Waals surface area contributed by atoms with E-state index < -0.39 is 0 Å². The van der Waals surface area contributed by atoms with Gasteiger partial charge in [-0.05, 0) is 80.7 Å². The Labute approximate surface area is 178 Å². The number of benzene rings is 1. The molecular weight excluding hydrogens is 374 g/mol. The molecule has 2 amide bonds. The van der Waals surface area contributed by atoms with Gasteiger partial charge >= 0.3 is 0 Å².